The normalized spacial score (nSPS) is 10.2. The van der Waals surface area contributed by atoms with Crippen molar-refractivity contribution in [3.8, 4) is 11.5 Å². The highest BCUT2D eigenvalue weighted by Crippen LogP contribution is 2.23. The Labute approximate surface area is 128 Å². The Morgan fingerprint density at radius 1 is 1.05 bits per heavy atom. The third-order valence-electron chi connectivity index (χ3n) is 2.87. The first-order chi connectivity index (χ1) is 9.69. The second kappa shape index (κ2) is 7.20. The van der Waals surface area contributed by atoms with E-state index in [9.17, 15) is 0 Å². The fourth-order valence-corrected chi connectivity index (χ4v) is 2.19. The molecule has 0 fully saturated rings. The maximum Gasteiger partial charge on any atom is 0.119 e. The van der Waals surface area contributed by atoms with E-state index in [0.29, 0.717) is 6.61 Å². The Hall–Kier alpha value is -1.68. The molecule has 20 heavy (non-hydrogen) atoms. The lowest BCUT2D eigenvalue weighted by molar-refractivity contribution is 0.331. The first kappa shape index (κ1) is 14.7. The molecule has 0 heterocycles. The molecule has 0 aliphatic rings. The largest absolute Gasteiger partial charge is 0.497 e. The number of aryl methyl sites for hydroxylation is 1. The number of nitrogens with one attached hydrogen (secondary N) is 1. The van der Waals surface area contributed by atoms with Crippen molar-refractivity contribution in [3.05, 3.63) is 52.5 Å². The maximum atomic E-state index is 5.66. The minimum absolute atomic E-state index is 0.604. The summed E-state index contributed by atoms with van der Waals surface area (Å²) >= 11 is 3.53. The van der Waals surface area contributed by atoms with Crippen molar-refractivity contribution in [1.29, 1.82) is 0 Å². The van der Waals surface area contributed by atoms with Gasteiger partial charge in [-0.25, -0.2) is 0 Å². The lowest BCUT2D eigenvalue weighted by Gasteiger charge is -2.11. The van der Waals surface area contributed by atoms with Crippen LogP contribution in [0, 0.1) is 6.92 Å². The second-order valence-corrected chi connectivity index (χ2v) is 5.29. The van der Waals surface area contributed by atoms with Crippen LogP contribution in [0.25, 0.3) is 0 Å². The number of hydrogen-bond acceptors (Lipinski definition) is 3. The molecule has 0 spiro atoms. The van der Waals surface area contributed by atoms with Gasteiger partial charge in [0.1, 0.15) is 18.1 Å². The molecule has 1 N–H and O–H groups in total. The zero-order chi connectivity index (χ0) is 14.4. The molecular formula is C16H18BrNO2. The van der Waals surface area contributed by atoms with E-state index in [1.54, 1.807) is 7.11 Å². The van der Waals surface area contributed by atoms with E-state index in [1.807, 2.05) is 30.3 Å². The van der Waals surface area contributed by atoms with Gasteiger partial charge < -0.3 is 14.8 Å². The lowest BCUT2D eigenvalue weighted by Crippen LogP contribution is -2.11. The van der Waals surface area contributed by atoms with E-state index in [-0.39, 0.29) is 0 Å². The van der Waals surface area contributed by atoms with Gasteiger partial charge in [0, 0.05) is 16.7 Å². The van der Waals surface area contributed by atoms with Gasteiger partial charge in [0.2, 0.25) is 0 Å². The van der Waals surface area contributed by atoms with Crippen LogP contribution in [0.2, 0.25) is 0 Å². The molecule has 0 bridgehead atoms. The Morgan fingerprint density at radius 3 is 2.45 bits per heavy atom. The lowest BCUT2D eigenvalue weighted by atomic mass is 10.2. The van der Waals surface area contributed by atoms with Crippen molar-refractivity contribution in [1.82, 2.24) is 0 Å². The average Bonchev–Trinajstić information content (AvgIpc) is 2.47. The summed E-state index contributed by atoms with van der Waals surface area (Å²) in [5.41, 5.74) is 2.31. The topological polar surface area (TPSA) is 30.5 Å². The number of methoxy groups -OCH3 is 1. The van der Waals surface area contributed by atoms with Gasteiger partial charge in [0.05, 0.1) is 7.11 Å². The molecule has 106 valence electrons. The van der Waals surface area contributed by atoms with Crippen LogP contribution in [0.3, 0.4) is 0 Å². The highest BCUT2D eigenvalue weighted by atomic mass is 79.9. The summed E-state index contributed by atoms with van der Waals surface area (Å²) in [5, 5.41) is 3.35. The van der Waals surface area contributed by atoms with Gasteiger partial charge in [-0.1, -0.05) is 6.07 Å². The summed E-state index contributed by atoms with van der Waals surface area (Å²) in [6, 6.07) is 13.8. The Bertz CT molecular complexity index is 555. The molecule has 0 saturated carbocycles. The average molecular weight is 336 g/mol. The van der Waals surface area contributed by atoms with Crippen LogP contribution >= 0.6 is 15.9 Å². The predicted molar refractivity (Wildman–Crippen MR) is 85.9 cm³/mol. The van der Waals surface area contributed by atoms with Crippen LogP contribution in [0.1, 0.15) is 5.56 Å². The molecule has 0 saturated heterocycles. The van der Waals surface area contributed by atoms with Crippen molar-refractivity contribution in [3.63, 3.8) is 0 Å². The molecule has 0 aromatic heterocycles. The van der Waals surface area contributed by atoms with Gasteiger partial charge in [-0.2, -0.15) is 0 Å². The highest BCUT2D eigenvalue weighted by molar-refractivity contribution is 9.10. The minimum Gasteiger partial charge on any atom is -0.497 e. The molecule has 2 aromatic rings. The van der Waals surface area contributed by atoms with Gasteiger partial charge in [0.25, 0.3) is 0 Å². The molecular weight excluding hydrogens is 318 g/mol. The van der Waals surface area contributed by atoms with E-state index < -0.39 is 0 Å². The van der Waals surface area contributed by atoms with E-state index >= 15 is 0 Å². The highest BCUT2D eigenvalue weighted by Gasteiger charge is 2.00. The third-order valence-corrected chi connectivity index (χ3v) is 3.56. The monoisotopic (exact) mass is 335 g/mol. The SMILES string of the molecule is COc1ccc(OCCNc2cc(C)ccc2Br)cc1. The standard InChI is InChI=1S/C16H18BrNO2/c1-12-3-8-15(17)16(11-12)18-9-10-20-14-6-4-13(19-2)5-7-14/h3-8,11,18H,9-10H2,1-2H3. The molecule has 4 heteroatoms. The third kappa shape index (κ3) is 4.17. The number of anilines is 1. The van der Waals surface area contributed by atoms with E-state index in [1.165, 1.54) is 5.56 Å². The van der Waals surface area contributed by atoms with E-state index in [4.69, 9.17) is 9.47 Å². The molecule has 2 aromatic carbocycles. The van der Waals surface area contributed by atoms with Crippen LogP contribution in [0.5, 0.6) is 11.5 Å². The van der Waals surface area contributed by atoms with Crippen molar-refractivity contribution in [2.24, 2.45) is 0 Å². The molecule has 0 atom stereocenters. The Balaban J connectivity index is 1.79. The number of rotatable bonds is 6. The number of benzene rings is 2. The Morgan fingerprint density at radius 2 is 1.75 bits per heavy atom. The van der Waals surface area contributed by atoms with Crippen molar-refractivity contribution in [2.45, 2.75) is 6.92 Å². The van der Waals surface area contributed by atoms with Crippen molar-refractivity contribution < 1.29 is 9.47 Å². The second-order valence-electron chi connectivity index (χ2n) is 4.43. The molecule has 0 amide bonds. The minimum atomic E-state index is 0.604. The zero-order valence-electron chi connectivity index (χ0n) is 11.7. The number of hydrogen-bond donors (Lipinski definition) is 1. The fraction of sp³-hybridized carbons (Fsp3) is 0.250. The number of halogens is 1. The van der Waals surface area contributed by atoms with Crippen LogP contribution < -0.4 is 14.8 Å². The summed E-state index contributed by atoms with van der Waals surface area (Å²) in [6.45, 7) is 3.42. The smallest absolute Gasteiger partial charge is 0.119 e. The molecule has 0 aliphatic heterocycles. The summed E-state index contributed by atoms with van der Waals surface area (Å²) in [4.78, 5) is 0. The summed E-state index contributed by atoms with van der Waals surface area (Å²) in [7, 11) is 1.65. The summed E-state index contributed by atoms with van der Waals surface area (Å²) in [6.07, 6.45) is 0. The van der Waals surface area contributed by atoms with Crippen LogP contribution in [0.4, 0.5) is 5.69 Å². The molecule has 3 nitrogen and oxygen atoms in total. The van der Waals surface area contributed by atoms with Gasteiger partial charge in [0.15, 0.2) is 0 Å². The number of ether oxygens (including phenoxy) is 2. The quantitative estimate of drug-likeness (QED) is 0.800. The van der Waals surface area contributed by atoms with Gasteiger partial charge in [-0.05, 0) is 64.8 Å². The maximum absolute atomic E-state index is 5.66. The van der Waals surface area contributed by atoms with E-state index in [0.717, 1.165) is 28.2 Å². The van der Waals surface area contributed by atoms with Crippen molar-refractivity contribution >= 4 is 21.6 Å². The van der Waals surface area contributed by atoms with Gasteiger partial charge in [-0.15, -0.1) is 0 Å². The summed E-state index contributed by atoms with van der Waals surface area (Å²) in [5.74, 6) is 1.68. The van der Waals surface area contributed by atoms with Crippen LogP contribution in [-0.2, 0) is 0 Å². The van der Waals surface area contributed by atoms with Crippen LogP contribution in [-0.4, -0.2) is 20.3 Å². The first-order valence-corrected chi connectivity index (χ1v) is 7.25. The molecule has 0 radical (unpaired) electrons. The van der Waals surface area contributed by atoms with Gasteiger partial charge in [-0.3, -0.25) is 0 Å². The molecule has 0 unspecified atom stereocenters. The fourth-order valence-electron chi connectivity index (χ4n) is 1.80. The predicted octanol–water partition coefficient (Wildman–Crippen LogP) is 4.26. The summed E-state index contributed by atoms with van der Waals surface area (Å²) < 4.78 is 11.8. The zero-order valence-corrected chi connectivity index (χ0v) is 13.2. The van der Waals surface area contributed by atoms with Crippen molar-refractivity contribution in [2.75, 3.05) is 25.6 Å². The molecule has 2 rings (SSSR count). The molecule has 0 aliphatic carbocycles. The Kier molecular flexibility index (Phi) is 5.30. The first-order valence-electron chi connectivity index (χ1n) is 6.46. The van der Waals surface area contributed by atoms with Gasteiger partial charge >= 0.3 is 0 Å². The van der Waals surface area contributed by atoms with Crippen LogP contribution in [0.15, 0.2) is 46.9 Å². The van der Waals surface area contributed by atoms with E-state index in [2.05, 4.69) is 40.3 Å².